The van der Waals surface area contributed by atoms with Crippen LogP contribution in [-0.4, -0.2) is 20.6 Å². The summed E-state index contributed by atoms with van der Waals surface area (Å²) < 4.78 is 38.2. The lowest BCUT2D eigenvalue weighted by molar-refractivity contribution is 0.587. The molecule has 1 aromatic rings. The fraction of sp³-hybridized carbons (Fsp3) is 0.125. The third-order valence-corrected chi connectivity index (χ3v) is 3.29. The van der Waals surface area contributed by atoms with Crippen molar-refractivity contribution in [2.24, 2.45) is 5.73 Å². The minimum absolute atomic E-state index is 0.0739. The van der Waals surface area contributed by atoms with Gasteiger partial charge in [-0.3, -0.25) is 0 Å². The molecule has 0 amide bonds. The molecule has 0 unspecified atom stereocenters. The molecule has 0 aliphatic heterocycles. The average molecular weight is 263 g/mol. The molecule has 16 heavy (non-hydrogen) atoms. The van der Waals surface area contributed by atoms with E-state index in [2.05, 4.69) is 22.3 Å². The van der Waals surface area contributed by atoms with Crippen LogP contribution < -0.4 is 15.8 Å². The molecule has 0 fully saturated rings. The van der Waals surface area contributed by atoms with E-state index in [0.717, 1.165) is 18.2 Å². The molecule has 0 radical (unpaired) electrons. The van der Waals surface area contributed by atoms with Crippen LogP contribution in [0, 0.1) is 5.82 Å². The van der Waals surface area contributed by atoms with E-state index in [1.807, 2.05) is 0 Å². The number of nitrogens with one attached hydrogen (secondary N) is 2. The van der Waals surface area contributed by atoms with Gasteiger partial charge in [0, 0.05) is 0 Å². The van der Waals surface area contributed by atoms with E-state index in [1.54, 1.807) is 0 Å². The first-order valence-electron chi connectivity index (χ1n) is 4.16. The summed E-state index contributed by atoms with van der Waals surface area (Å²) in [4.78, 5) is -0.0739. The highest BCUT2D eigenvalue weighted by Gasteiger charge is 2.14. The Labute approximate surface area is 97.9 Å². The highest BCUT2D eigenvalue weighted by atomic mass is 32.2. The van der Waals surface area contributed by atoms with Crippen molar-refractivity contribution < 1.29 is 12.8 Å². The van der Waals surface area contributed by atoms with Crippen LogP contribution in [0.1, 0.15) is 0 Å². The van der Waals surface area contributed by atoms with Crippen LogP contribution in [0.2, 0.25) is 0 Å². The zero-order chi connectivity index (χ0) is 12.3. The van der Waals surface area contributed by atoms with Gasteiger partial charge in [-0.15, -0.1) is 0 Å². The molecule has 0 aromatic heterocycles. The van der Waals surface area contributed by atoms with Gasteiger partial charge in [-0.25, -0.2) is 17.5 Å². The van der Waals surface area contributed by atoms with Crippen LogP contribution in [0.3, 0.4) is 0 Å². The molecule has 0 atom stereocenters. The van der Waals surface area contributed by atoms with E-state index in [1.165, 1.54) is 7.05 Å². The number of rotatable bonds is 3. The Bertz CT molecular complexity index is 516. The van der Waals surface area contributed by atoms with E-state index in [-0.39, 0.29) is 15.7 Å². The molecule has 1 aromatic carbocycles. The van der Waals surface area contributed by atoms with Gasteiger partial charge in [0.25, 0.3) is 0 Å². The molecule has 88 valence electrons. The van der Waals surface area contributed by atoms with Crippen molar-refractivity contribution in [2.45, 2.75) is 4.90 Å². The Morgan fingerprint density at radius 2 is 2.12 bits per heavy atom. The fourth-order valence-electron chi connectivity index (χ4n) is 1.02. The van der Waals surface area contributed by atoms with Crippen LogP contribution in [0.15, 0.2) is 23.1 Å². The van der Waals surface area contributed by atoms with E-state index in [0.29, 0.717) is 0 Å². The first kappa shape index (κ1) is 12.8. The molecule has 0 spiro atoms. The molecule has 4 N–H and O–H groups in total. The van der Waals surface area contributed by atoms with E-state index >= 15 is 0 Å². The standard InChI is InChI=1S/C8H10FN3O2S2/c1-11-16(13,14)5-2-3-6(9)7(4-5)12-8(10)15/h2-4,11H,1H3,(H3,10,12,15). The van der Waals surface area contributed by atoms with Gasteiger partial charge in [0.05, 0.1) is 10.6 Å². The van der Waals surface area contributed by atoms with Crippen molar-refractivity contribution in [2.75, 3.05) is 12.4 Å². The van der Waals surface area contributed by atoms with Crippen LogP contribution in [0.4, 0.5) is 10.1 Å². The Morgan fingerprint density at radius 1 is 1.50 bits per heavy atom. The Morgan fingerprint density at radius 3 is 2.62 bits per heavy atom. The first-order valence-corrected chi connectivity index (χ1v) is 6.05. The number of sulfonamides is 1. The number of halogens is 1. The Balaban J connectivity index is 3.22. The summed E-state index contributed by atoms with van der Waals surface area (Å²) >= 11 is 4.54. The lowest BCUT2D eigenvalue weighted by Crippen LogP contribution is -2.21. The molecule has 1 rings (SSSR count). The van der Waals surface area contributed by atoms with Crippen molar-refractivity contribution in [3.63, 3.8) is 0 Å². The predicted molar refractivity (Wildman–Crippen MR) is 63.1 cm³/mol. The maximum absolute atomic E-state index is 13.2. The fourth-order valence-corrected chi connectivity index (χ4v) is 1.88. The number of hydrogen-bond acceptors (Lipinski definition) is 3. The van der Waals surface area contributed by atoms with Crippen molar-refractivity contribution in [3.05, 3.63) is 24.0 Å². The summed E-state index contributed by atoms with van der Waals surface area (Å²) in [7, 11) is -2.35. The monoisotopic (exact) mass is 263 g/mol. The zero-order valence-corrected chi connectivity index (χ0v) is 9.95. The van der Waals surface area contributed by atoms with Crippen LogP contribution >= 0.6 is 12.2 Å². The Hall–Kier alpha value is -1.25. The molecule has 0 saturated heterocycles. The summed E-state index contributed by atoms with van der Waals surface area (Å²) in [6.07, 6.45) is 0. The second-order valence-electron chi connectivity index (χ2n) is 2.84. The van der Waals surface area contributed by atoms with Crippen LogP contribution in [-0.2, 0) is 10.0 Å². The maximum atomic E-state index is 13.2. The summed E-state index contributed by atoms with van der Waals surface area (Å²) in [5.41, 5.74) is 5.09. The van der Waals surface area contributed by atoms with Gasteiger partial charge in [-0.05, 0) is 37.5 Å². The molecule has 0 heterocycles. The largest absolute Gasteiger partial charge is 0.376 e. The summed E-state index contributed by atoms with van der Waals surface area (Å²) in [5.74, 6) is -0.636. The highest BCUT2D eigenvalue weighted by molar-refractivity contribution is 7.89. The van der Waals surface area contributed by atoms with E-state index < -0.39 is 15.8 Å². The second kappa shape index (κ2) is 4.73. The van der Waals surface area contributed by atoms with Gasteiger partial charge < -0.3 is 11.1 Å². The molecule has 0 saturated carbocycles. The second-order valence-corrected chi connectivity index (χ2v) is 5.16. The third-order valence-electron chi connectivity index (χ3n) is 1.77. The highest BCUT2D eigenvalue weighted by Crippen LogP contribution is 2.19. The third kappa shape index (κ3) is 2.87. The van der Waals surface area contributed by atoms with Crippen LogP contribution in [0.25, 0.3) is 0 Å². The summed E-state index contributed by atoms with van der Waals surface area (Å²) in [5, 5.41) is 2.21. The summed E-state index contributed by atoms with van der Waals surface area (Å²) in [6.45, 7) is 0. The molecule has 0 aliphatic rings. The molecule has 5 nitrogen and oxygen atoms in total. The van der Waals surface area contributed by atoms with E-state index in [4.69, 9.17) is 5.73 Å². The quantitative estimate of drug-likeness (QED) is 0.687. The number of thiocarbonyl (C=S) groups is 1. The van der Waals surface area contributed by atoms with Gasteiger partial charge in [0.2, 0.25) is 10.0 Å². The number of benzene rings is 1. The van der Waals surface area contributed by atoms with Crippen molar-refractivity contribution >= 4 is 33.0 Å². The van der Waals surface area contributed by atoms with Crippen molar-refractivity contribution in [1.82, 2.24) is 4.72 Å². The summed E-state index contributed by atoms with van der Waals surface area (Å²) in [6, 6.07) is 3.27. The number of hydrogen-bond donors (Lipinski definition) is 3. The Kier molecular flexibility index (Phi) is 3.79. The van der Waals surface area contributed by atoms with Gasteiger partial charge in [-0.2, -0.15) is 0 Å². The maximum Gasteiger partial charge on any atom is 0.240 e. The number of nitrogens with two attached hydrogens (primary N) is 1. The van der Waals surface area contributed by atoms with Crippen LogP contribution in [0.5, 0.6) is 0 Å². The minimum Gasteiger partial charge on any atom is -0.376 e. The molecular formula is C8H10FN3O2S2. The SMILES string of the molecule is CNS(=O)(=O)c1ccc(F)c(NC(N)=S)c1. The zero-order valence-electron chi connectivity index (χ0n) is 8.32. The lowest BCUT2D eigenvalue weighted by atomic mass is 10.3. The normalized spacial score (nSPS) is 11.1. The average Bonchev–Trinajstić information content (AvgIpc) is 2.20. The lowest BCUT2D eigenvalue weighted by Gasteiger charge is -2.08. The van der Waals surface area contributed by atoms with Gasteiger partial charge in [0.1, 0.15) is 5.82 Å². The number of anilines is 1. The smallest absolute Gasteiger partial charge is 0.240 e. The first-order chi connectivity index (χ1) is 7.36. The molecular weight excluding hydrogens is 253 g/mol. The molecule has 0 aliphatic carbocycles. The van der Waals surface area contributed by atoms with Gasteiger partial charge in [0.15, 0.2) is 5.11 Å². The topological polar surface area (TPSA) is 84.2 Å². The van der Waals surface area contributed by atoms with Crippen molar-refractivity contribution in [3.8, 4) is 0 Å². The van der Waals surface area contributed by atoms with Crippen molar-refractivity contribution in [1.29, 1.82) is 0 Å². The van der Waals surface area contributed by atoms with Gasteiger partial charge in [-0.1, -0.05) is 0 Å². The molecule has 8 heteroatoms. The predicted octanol–water partition coefficient (Wildman–Crippen LogP) is 0.389. The molecule has 0 bridgehead atoms. The van der Waals surface area contributed by atoms with E-state index in [9.17, 15) is 12.8 Å². The van der Waals surface area contributed by atoms with Gasteiger partial charge >= 0.3 is 0 Å². The minimum atomic E-state index is -3.61.